The molecule has 19 heavy (non-hydrogen) atoms. The molecule has 0 fully saturated rings. The van der Waals surface area contributed by atoms with E-state index in [0.29, 0.717) is 5.69 Å². The predicted octanol–water partition coefficient (Wildman–Crippen LogP) is 3.18. The summed E-state index contributed by atoms with van der Waals surface area (Å²) in [6.07, 6.45) is 1.26. The number of carbonyl (C=O) groups is 1. The molecule has 0 radical (unpaired) electrons. The zero-order valence-corrected chi connectivity index (χ0v) is 10.5. The number of nitrogens with zero attached hydrogens (tertiary/aromatic N) is 1. The quantitative estimate of drug-likeness (QED) is 0.903. The molecule has 2 aromatic rings. The maximum absolute atomic E-state index is 13.6. The van der Waals surface area contributed by atoms with E-state index in [1.165, 1.54) is 18.3 Å². The third-order valence-corrected chi connectivity index (χ3v) is 2.78. The Hall–Kier alpha value is -2.14. The van der Waals surface area contributed by atoms with Crippen molar-refractivity contribution in [2.24, 2.45) is 0 Å². The molecular weight excluding hydrogens is 271 g/mol. The van der Waals surface area contributed by atoms with Gasteiger partial charge in [0, 0.05) is 6.20 Å². The van der Waals surface area contributed by atoms with Gasteiger partial charge in [-0.15, -0.1) is 0 Å². The van der Waals surface area contributed by atoms with Gasteiger partial charge < -0.3 is 10.4 Å². The normalized spacial score (nSPS) is 10.2. The molecule has 0 aliphatic heterocycles. The minimum absolute atomic E-state index is 0.0409. The number of aromatic carboxylic acids is 1. The maximum atomic E-state index is 13.6. The highest BCUT2D eigenvalue weighted by molar-refractivity contribution is 6.31. The first-order chi connectivity index (χ1) is 9.08. The van der Waals surface area contributed by atoms with E-state index in [2.05, 4.69) is 10.3 Å². The summed E-state index contributed by atoms with van der Waals surface area (Å²) in [4.78, 5) is 14.6. The van der Waals surface area contributed by atoms with Crippen LogP contribution in [-0.2, 0) is 6.54 Å². The lowest BCUT2D eigenvalue weighted by atomic mass is 10.2. The zero-order valence-electron chi connectivity index (χ0n) is 9.73. The molecule has 0 amide bonds. The van der Waals surface area contributed by atoms with E-state index in [1.807, 2.05) is 0 Å². The lowest BCUT2D eigenvalue weighted by Crippen LogP contribution is -2.05. The molecule has 4 nitrogen and oxygen atoms in total. The summed E-state index contributed by atoms with van der Waals surface area (Å²) in [5, 5.41) is 11.6. The van der Waals surface area contributed by atoms with Crippen molar-refractivity contribution >= 4 is 23.3 Å². The zero-order chi connectivity index (χ0) is 13.8. The van der Waals surface area contributed by atoms with Crippen LogP contribution in [0.5, 0.6) is 0 Å². The topological polar surface area (TPSA) is 62.2 Å². The van der Waals surface area contributed by atoms with Gasteiger partial charge >= 0.3 is 5.97 Å². The van der Waals surface area contributed by atoms with Gasteiger partial charge in [0.25, 0.3) is 0 Å². The molecular formula is C13H10ClFN2O2. The fourth-order valence-electron chi connectivity index (χ4n) is 1.48. The molecule has 2 N–H and O–H groups in total. The van der Waals surface area contributed by atoms with E-state index in [9.17, 15) is 9.18 Å². The van der Waals surface area contributed by atoms with Crippen molar-refractivity contribution in [2.75, 3.05) is 5.32 Å². The van der Waals surface area contributed by atoms with Crippen molar-refractivity contribution in [3.8, 4) is 0 Å². The van der Waals surface area contributed by atoms with Crippen molar-refractivity contribution in [2.45, 2.75) is 6.54 Å². The molecule has 0 unspecified atom stereocenters. The molecule has 0 saturated carbocycles. The molecule has 1 heterocycles. The Balaban J connectivity index is 2.06. The van der Waals surface area contributed by atoms with Crippen molar-refractivity contribution < 1.29 is 14.3 Å². The largest absolute Gasteiger partial charge is 0.478 e. The Kier molecular flexibility index (Phi) is 3.97. The van der Waals surface area contributed by atoms with Gasteiger partial charge in [-0.3, -0.25) is 4.98 Å². The van der Waals surface area contributed by atoms with Gasteiger partial charge in [0.1, 0.15) is 0 Å². The van der Waals surface area contributed by atoms with Gasteiger partial charge in [-0.25, -0.2) is 9.18 Å². The number of aromatic nitrogens is 1. The SMILES string of the molecule is O=C(O)c1ccc(CNc2cccc(Cl)c2F)nc1. The number of nitrogens with one attached hydrogen (secondary N) is 1. The number of rotatable bonds is 4. The molecule has 2 rings (SSSR count). The van der Waals surface area contributed by atoms with Crippen LogP contribution in [0, 0.1) is 5.82 Å². The van der Waals surface area contributed by atoms with Crippen LogP contribution in [0.25, 0.3) is 0 Å². The van der Waals surface area contributed by atoms with Gasteiger partial charge in [-0.1, -0.05) is 17.7 Å². The number of carboxylic acids is 1. The molecule has 1 aromatic carbocycles. The highest BCUT2D eigenvalue weighted by Gasteiger charge is 2.06. The van der Waals surface area contributed by atoms with Crippen LogP contribution >= 0.6 is 11.6 Å². The van der Waals surface area contributed by atoms with Gasteiger partial charge in [-0.2, -0.15) is 0 Å². The Morgan fingerprint density at radius 3 is 2.79 bits per heavy atom. The maximum Gasteiger partial charge on any atom is 0.337 e. The van der Waals surface area contributed by atoms with E-state index >= 15 is 0 Å². The number of hydrogen-bond acceptors (Lipinski definition) is 3. The van der Waals surface area contributed by atoms with E-state index in [4.69, 9.17) is 16.7 Å². The van der Waals surface area contributed by atoms with Crippen LogP contribution in [0.1, 0.15) is 16.1 Å². The number of anilines is 1. The summed E-state index contributed by atoms with van der Waals surface area (Å²) in [6, 6.07) is 7.67. The van der Waals surface area contributed by atoms with Crippen LogP contribution in [-0.4, -0.2) is 16.1 Å². The summed E-state index contributed by atoms with van der Waals surface area (Å²) in [7, 11) is 0. The van der Waals surface area contributed by atoms with Crippen molar-refractivity contribution in [3.05, 3.63) is 58.6 Å². The number of benzene rings is 1. The average molecular weight is 281 g/mol. The average Bonchev–Trinajstić information content (AvgIpc) is 2.41. The molecule has 1 aromatic heterocycles. The van der Waals surface area contributed by atoms with Crippen LogP contribution in [0.2, 0.25) is 5.02 Å². The van der Waals surface area contributed by atoms with E-state index in [1.54, 1.807) is 18.2 Å². The number of carboxylic acid groups (broad SMARTS) is 1. The summed E-state index contributed by atoms with van der Waals surface area (Å²) in [6.45, 7) is 0.275. The molecule has 0 bridgehead atoms. The predicted molar refractivity (Wildman–Crippen MR) is 69.9 cm³/mol. The Morgan fingerprint density at radius 1 is 1.37 bits per heavy atom. The Labute approximate surface area is 113 Å². The fraction of sp³-hybridized carbons (Fsp3) is 0.0769. The van der Waals surface area contributed by atoms with E-state index < -0.39 is 11.8 Å². The summed E-state index contributed by atoms with van der Waals surface area (Å²) < 4.78 is 13.6. The van der Waals surface area contributed by atoms with Crippen LogP contribution in [0.15, 0.2) is 36.5 Å². The molecule has 0 spiro atoms. The smallest absolute Gasteiger partial charge is 0.337 e. The lowest BCUT2D eigenvalue weighted by Gasteiger charge is -2.08. The second-order valence-corrected chi connectivity index (χ2v) is 4.21. The second-order valence-electron chi connectivity index (χ2n) is 3.80. The number of hydrogen-bond donors (Lipinski definition) is 2. The third kappa shape index (κ3) is 3.20. The molecule has 6 heteroatoms. The van der Waals surface area contributed by atoms with Crippen molar-refractivity contribution in [3.63, 3.8) is 0 Å². The molecule has 0 atom stereocenters. The highest BCUT2D eigenvalue weighted by atomic mass is 35.5. The second kappa shape index (κ2) is 5.67. The molecule has 0 aliphatic carbocycles. The Bertz CT molecular complexity index is 602. The first-order valence-electron chi connectivity index (χ1n) is 5.44. The number of halogens is 2. The van der Waals surface area contributed by atoms with Gasteiger partial charge in [0.2, 0.25) is 0 Å². The standard InChI is InChI=1S/C13H10ClFN2O2/c14-10-2-1-3-11(12(10)15)17-7-9-5-4-8(6-16-9)13(18)19/h1-6,17H,7H2,(H,18,19). The summed E-state index contributed by atoms with van der Waals surface area (Å²) in [5.74, 6) is -1.56. The molecule has 0 saturated heterocycles. The van der Waals surface area contributed by atoms with Gasteiger partial charge in [0.15, 0.2) is 5.82 Å². The first-order valence-corrected chi connectivity index (χ1v) is 5.82. The van der Waals surface area contributed by atoms with E-state index in [0.717, 1.165) is 0 Å². The minimum atomic E-state index is -1.03. The summed E-state index contributed by atoms with van der Waals surface area (Å²) >= 11 is 5.66. The van der Waals surface area contributed by atoms with Crippen molar-refractivity contribution in [1.29, 1.82) is 0 Å². The van der Waals surface area contributed by atoms with Gasteiger partial charge in [-0.05, 0) is 24.3 Å². The monoisotopic (exact) mass is 280 g/mol. The highest BCUT2D eigenvalue weighted by Crippen LogP contribution is 2.22. The first kappa shape index (κ1) is 13.3. The third-order valence-electron chi connectivity index (χ3n) is 2.48. The number of pyridine rings is 1. The lowest BCUT2D eigenvalue weighted by molar-refractivity contribution is 0.0696. The molecule has 0 aliphatic rings. The van der Waals surface area contributed by atoms with Crippen LogP contribution < -0.4 is 5.32 Å². The van der Waals surface area contributed by atoms with Gasteiger partial charge in [0.05, 0.1) is 28.5 Å². The summed E-state index contributed by atoms with van der Waals surface area (Å²) in [5.41, 5.74) is 0.985. The fourth-order valence-corrected chi connectivity index (χ4v) is 1.66. The van der Waals surface area contributed by atoms with Crippen LogP contribution in [0.3, 0.4) is 0 Å². The Morgan fingerprint density at radius 2 is 2.16 bits per heavy atom. The molecule has 98 valence electrons. The van der Waals surface area contributed by atoms with Crippen molar-refractivity contribution in [1.82, 2.24) is 4.98 Å². The minimum Gasteiger partial charge on any atom is -0.478 e. The van der Waals surface area contributed by atoms with E-state index in [-0.39, 0.29) is 22.8 Å². The van der Waals surface area contributed by atoms with Crippen LogP contribution in [0.4, 0.5) is 10.1 Å².